The number of piperidine rings is 1. The number of rotatable bonds is 4. The normalized spacial score (nSPS) is 18.4. The molecular formula is C18H18N2O5S2. The van der Waals surface area contributed by atoms with E-state index in [2.05, 4.69) is 5.32 Å². The highest BCUT2D eigenvalue weighted by atomic mass is 32.2. The molecule has 1 fully saturated rings. The number of carbonyl (C=O) groups is 2. The van der Waals surface area contributed by atoms with Crippen LogP contribution in [0.4, 0.5) is 5.69 Å². The highest BCUT2D eigenvalue weighted by molar-refractivity contribution is 7.91. The van der Waals surface area contributed by atoms with Crippen molar-refractivity contribution in [3.05, 3.63) is 41.3 Å². The Labute approximate surface area is 161 Å². The van der Waals surface area contributed by atoms with Crippen LogP contribution < -0.4 is 10.1 Å². The zero-order valence-corrected chi connectivity index (χ0v) is 16.0. The number of hydrogen-bond donors (Lipinski definition) is 1. The van der Waals surface area contributed by atoms with Gasteiger partial charge in [0.1, 0.15) is 9.96 Å². The summed E-state index contributed by atoms with van der Waals surface area (Å²) < 4.78 is 32.3. The summed E-state index contributed by atoms with van der Waals surface area (Å²) in [5.41, 5.74) is 0.994. The number of sulfonamides is 1. The minimum absolute atomic E-state index is 0.0303. The molecule has 0 spiro atoms. The van der Waals surface area contributed by atoms with E-state index in [4.69, 9.17) is 4.74 Å². The molecule has 7 nitrogen and oxygen atoms in total. The topological polar surface area (TPSA) is 92.8 Å². The first-order valence-electron chi connectivity index (χ1n) is 8.60. The van der Waals surface area contributed by atoms with Crippen molar-refractivity contribution in [1.82, 2.24) is 4.31 Å². The Morgan fingerprint density at radius 3 is 2.70 bits per heavy atom. The maximum atomic E-state index is 12.8. The molecule has 2 aliphatic rings. The van der Waals surface area contributed by atoms with Crippen LogP contribution in [0, 0.1) is 5.92 Å². The highest BCUT2D eigenvalue weighted by Gasteiger charge is 2.33. The predicted molar refractivity (Wildman–Crippen MR) is 101 cm³/mol. The average Bonchev–Trinajstić information content (AvgIpc) is 3.22. The monoisotopic (exact) mass is 406 g/mol. The lowest BCUT2D eigenvalue weighted by Crippen LogP contribution is -2.40. The summed E-state index contributed by atoms with van der Waals surface area (Å²) in [7, 11) is -3.47. The standard InChI is InChI=1S/C18H18N2O5S2/c21-16-11-25-15-4-3-13(10-14(15)19-16)18(22)12-5-7-20(8-6-12)27(23,24)17-2-1-9-26-17/h1-4,9-10,12H,5-8,11H2,(H,19,21). The van der Waals surface area contributed by atoms with Crippen molar-refractivity contribution in [2.45, 2.75) is 17.1 Å². The SMILES string of the molecule is O=C1COc2ccc(C(=O)C3CCN(S(=O)(=O)c4cccs4)CC3)cc2N1. The number of carbonyl (C=O) groups excluding carboxylic acids is 2. The minimum atomic E-state index is -3.47. The van der Waals surface area contributed by atoms with E-state index in [9.17, 15) is 18.0 Å². The van der Waals surface area contributed by atoms with E-state index in [-0.39, 0.29) is 24.2 Å². The molecule has 0 unspecified atom stereocenters. The molecule has 0 radical (unpaired) electrons. The van der Waals surface area contributed by atoms with Gasteiger partial charge in [0.15, 0.2) is 12.4 Å². The van der Waals surface area contributed by atoms with Gasteiger partial charge >= 0.3 is 0 Å². The average molecular weight is 406 g/mol. The molecule has 0 aliphatic carbocycles. The van der Waals surface area contributed by atoms with E-state index in [1.54, 1.807) is 35.7 Å². The zero-order chi connectivity index (χ0) is 19.0. The van der Waals surface area contributed by atoms with Crippen molar-refractivity contribution in [1.29, 1.82) is 0 Å². The van der Waals surface area contributed by atoms with Gasteiger partial charge < -0.3 is 10.1 Å². The van der Waals surface area contributed by atoms with Gasteiger partial charge in [-0.05, 0) is 42.5 Å². The molecule has 0 saturated carbocycles. The van der Waals surface area contributed by atoms with Crippen LogP contribution in [0.5, 0.6) is 5.75 Å². The summed E-state index contributed by atoms with van der Waals surface area (Å²) >= 11 is 1.20. The Morgan fingerprint density at radius 1 is 1.22 bits per heavy atom. The first-order chi connectivity index (χ1) is 12.9. The Balaban J connectivity index is 1.45. The largest absolute Gasteiger partial charge is 0.482 e. The van der Waals surface area contributed by atoms with E-state index in [0.717, 1.165) is 0 Å². The number of ether oxygens (including phenoxy) is 1. The van der Waals surface area contributed by atoms with Crippen molar-refractivity contribution in [2.24, 2.45) is 5.92 Å². The van der Waals surface area contributed by atoms with Crippen LogP contribution in [0.3, 0.4) is 0 Å². The van der Waals surface area contributed by atoms with Crippen LogP contribution in [0.15, 0.2) is 39.9 Å². The molecule has 1 amide bonds. The molecule has 1 saturated heterocycles. The lowest BCUT2D eigenvalue weighted by atomic mass is 9.89. The lowest BCUT2D eigenvalue weighted by Gasteiger charge is -2.30. The third-order valence-electron chi connectivity index (χ3n) is 4.81. The summed E-state index contributed by atoms with van der Waals surface area (Å²) in [6, 6.07) is 8.31. The van der Waals surface area contributed by atoms with Crippen LogP contribution in [-0.2, 0) is 14.8 Å². The van der Waals surface area contributed by atoms with Crippen molar-refractivity contribution < 1.29 is 22.7 Å². The number of ketones is 1. The van der Waals surface area contributed by atoms with E-state index in [1.807, 2.05) is 0 Å². The number of hydrogen-bond acceptors (Lipinski definition) is 6. The third kappa shape index (κ3) is 3.50. The summed E-state index contributed by atoms with van der Waals surface area (Å²) in [6.07, 6.45) is 0.951. The molecule has 1 aromatic heterocycles. The molecular weight excluding hydrogens is 388 g/mol. The highest BCUT2D eigenvalue weighted by Crippen LogP contribution is 2.32. The van der Waals surface area contributed by atoms with E-state index >= 15 is 0 Å². The molecule has 27 heavy (non-hydrogen) atoms. The number of amides is 1. The van der Waals surface area contributed by atoms with Gasteiger partial charge in [-0.2, -0.15) is 4.31 Å². The van der Waals surface area contributed by atoms with Gasteiger partial charge in [0.25, 0.3) is 15.9 Å². The first kappa shape index (κ1) is 18.1. The summed E-state index contributed by atoms with van der Waals surface area (Å²) in [6.45, 7) is 0.611. The molecule has 2 aliphatic heterocycles. The van der Waals surface area contributed by atoms with E-state index < -0.39 is 10.0 Å². The third-order valence-corrected chi connectivity index (χ3v) is 8.08. The molecule has 0 bridgehead atoms. The molecule has 9 heteroatoms. The molecule has 2 aromatic rings. The fraction of sp³-hybridized carbons (Fsp3) is 0.333. The molecule has 142 valence electrons. The van der Waals surface area contributed by atoms with Crippen LogP contribution in [-0.4, -0.2) is 44.1 Å². The second kappa shape index (κ2) is 7.06. The smallest absolute Gasteiger partial charge is 0.262 e. The van der Waals surface area contributed by atoms with Crippen LogP contribution in [0.2, 0.25) is 0 Å². The number of nitrogens with one attached hydrogen (secondary N) is 1. The summed E-state index contributed by atoms with van der Waals surface area (Å²) in [5, 5.41) is 4.44. The first-order valence-corrected chi connectivity index (χ1v) is 10.9. The van der Waals surface area contributed by atoms with Crippen molar-refractivity contribution in [2.75, 3.05) is 25.0 Å². The number of Topliss-reactive ketones (excluding diaryl/α,β-unsaturated/α-hetero) is 1. The number of fused-ring (bicyclic) bond motifs is 1. The van der Waals surface area contributed by atoms with Crippen LogP contribution in [0.25, 0.3) is 0 Å². The Kier molecular flexibility index (Phi) is 4.75. The molecule has 3 heterocycles. The van der Waals surface area contributed by atoms with Crippen molar-refractivity contribution >= 4 is 38.7 Å². The zero-order valence-electron chi connectivity index (χ0n) is 14.4. The summed E-state index contributed by atoms with van der Waals surface area (Å²) in [5.74, 6) is 0.0195. The van der Waals surface area contributed by atoms with Crippen molar-refractivity contribution in [3.63, 3.8) is 0 Å². The van der Waals surface area contributed by atoms with Gasteiger partial charge in [-0.25, -0.2) is 8.42 Å². The molecule has 0 atom stereocenters. The Morgan fingerprint density at radius 2 is 2.00 bits per heavy atom. The molecule has 4 rings (SSSR count). The lowest BCUT2D eigenvalue weighted by molar-refractivity contribution is -0.118. The number of benzene rings is 1. The Bertz CT molecular complexity index is 977. The number of anilines is 1. The fourth-order valence-electron chi connectivity index (χ4n) is 3.37. The van der Waals surface area contributed by atoms with Crippen molar-refractivity contribution in [3.8, 4) is 5.75 Å². The van der Waals surface area contributed by atoms with Gasteiger partial charge in [0.2, 0.25) is 0 Å². The van der Waals surface area contributed by atoms with E-state index in [1.165, 1.54) is 15.6 Å². The minimum Gasteiger partial charge on any atom is -0.482 e. The second-order valence-corrected chi connectivity index (χ2v) is 9.63. The Hall–Kier alpha value is -2.23. The van der Waals surface area contributed by atoms with Crippen LogP contribution in [0.1, 0.15) is 23.2 Å². The van der Waals surface area contributed by atoms with Gasteiger partial charge in [0, 0.05) is 24.6 Å². The second-order valence-electron chi connectivity index (χ2n) is 6.52. The molecule has 1 aromatic carbocycles. The predicted octanol–water partition coefficient (Wildman–Crippen LogP) is 2.36. The summed E-state index contributed by atoms with van der Waals surface area (Å²) in [4.78, 5) is 24.3. The quantitative estimate of drug-likeness (QED) is 0.787. The van der Waals surface area contributed by atoms with Gasteiger partial charge in [-0.1, -0.05) is 6.07 Å². The van der Waals surface area contributed by atoms with E-state index in [0.29, 0.717) is 47.1 Å². The van der Waals surface area contributed by atoms with Gasteiger partial charge in [0.05, 0.1) is 5.69 Å². The van der Waals surface area contributed by atoms with Crippen LogP contribution >= 0.6 is 11.3 Å². The number of nitrogens with zero attached hydrogens (tertiary/aromatic N) is 1. The maximum absolute atomic E-state index is 12.8. The number of thiophene rings is 1. The maximum Gasteiger partial charge on any atom is 0.262 e. The fourth-order valence-corrected chi connectivity index (χ4v) is 5.98. The van der Waals surface area contributed by atoms with Gasteiger partial charge in [-0.3, -0.25) is 9.59 Å². The molecule has 1 N–H and O–H groups in total. The van der Waals surface area contributed by atoms with Gasteiger partial charge in [-0.15, -0.1) is 11.3 Å².